The Morgan fingerprint density at radius 1 is 1.36 bits per heavy atom. The van der Waals surface area contributed by atoms with E-state index in [1.165, 1.54) is 0 Å². The van der Waals surface area contributed by atoms with Crippen molar-refractivity contribution in [2.45, 2.75) is 39.7 Å². The van der Waals surface area contributed by atoms with Crippen molar-refractivity contribution < 1.29 is 4.74 Å². The molecule has 0 saturated carbocycles. The molecule has 0 saturated heterocycles. The van der Waals surface area contributed by atoms with Crippen LogP contribution in [-0.4, -0.2) is 32.2 Å². The standard InChI is InChI=1S/C11H24ClNO/c1-11(2,3)10(6-7-12)13-8-5-9-14-4/h10,13H,5-9H2,1-4H3. The molecule has 0 aromatic heterocycles. The second-order valence-electron chi connectivity index (χ2n) is 4.70. The molecule has 86 valence electrons. The van der Waals surface area contributed by atoms with Crippen LogP contribution in [0.15, 0.2) is 0 Å². The van der Waals surface area contributed by atoms with Crippen molar-refractivity contribution >= 4 is 11.6 Å². The molecule has 0 spiro atoms. The Bertz CT molecular complexity index is 134. The van der Waals surface area contributed by atoms with Gasteiger partial charge in [-0.1, -0.05) is 20.8 Å². The van der Waals surface area contributed by atoms with Gasteiger partial charge in [0.2, 0.25) is 0 Å². The van der Waals surface area contributed by atoms with Crippen LogP contribution in [-0.2, 0) is 4.74 Å². The van der Waals surface area contributed by atoms with E-state index in [1.54, 1.807) is 7.11 Å². The molecule has 0 bridgehead atoms. The minimum absolute atomic E-state index is 0.280. The summed E-state index contributed by atoms with van der Waals surface area (Å²) in [5.41, 5.74) is 0.280. The zero-order valence-electron chi connectivity index (χ0n) is 9.90. The highest BCUT2D eigenvalue weighted by molar-refractivity contribution is 6.17. The molecular weight excluding hydrogens is 198 g/mol. The molecule has 0 aliphatic rings. The maximum atomic E-state index is 5.78. The lowest BCUT2D eigenvalue weighted by Crippen LogP contribution is -2.41. The molecule has 0 heterocycles. The van der Waals surface area contributed by atoms with Crippen LogP contribution < -0.4 is 5.32 Å². The highest BCUT2D eigenvalue weighted by atomic mass is 35.5. The number of nitrogens with one attached hydrogen (secondary N) is 1. The lowest BCUT2D eigenvalue weighted by Gasteiger charge is -2.31. The fourth-order valence-electron chi connectivity index (χ4n) is 1.44. The van der Waals surface area contributed by atoms with Gasteiger partial charge in [0.05, 0.1) is 0 Å². The van der Waals surface area contributed by atoms with E-state index in [9.17, 15) is 0 Å². The largest absolute Gasteiger partial charge is 0.385 e. The van der Waals surface area contributed by atoms with E-state index < -0.39 is 0 Å². The Kier molecular flexibility index (Phi) is 7.61. The van der Waals surface area contributed by atoms with Crippen LogP contribution in [0.25, 0.3) is 0 Å². The summed E-state index contributed by atoms with van der Waals surface area (Å²) in [4.78, 5) is 0. The van der Waals surface area contributed by atoms with Crippen LogP contribution in [0.5, 0.6) is 0 Å². The van der Waals surface area contributed by atoms with Crippen LogP contribution in [0.2, 0.25) is 0 Å². The molecule has 0 amide bonds. The summed E-state index contributed by atoms with van der Waals surface area (Å²) in [6.45, 7) is 8.56. The van der Waals surface area contributed by atoms with Crippen molar-refractivity contribution in [2.24, 2.45) is 5.41 Å². The fourth-order valence-corrected chi connectivity index (χ4v) is 1.66. The zero-order chi connectivity index (χ0) is 11.0. The summed E-state index contributed by atoms with van der Waals surface area (Å²) >= 11 is 5.78. The van der Waals surface area contributed by atoms with Crippen molar-refractivity contribution in [1.29, 1.82) is 0 Å². The molecule has 0 aliphatic heterocycles. The molecule has 0 aromatic rings. The minimum atomic E-state index is 0.280. The van der Waals surface area contributed by atoms with Gasteiger partial charge in [0, 0.05) is 25.6 Å². The van der Waals surface area contributed by atoms with E-state index in [-0.39, 0.29) is 5.41 Å². The Morgan fingerprint density at radius 3 is 2.43 bits per heavy atom. The molecule has 0 radical (unpaired) electrons. The molecule has 1 N–H and O–H groups in total. The molecule has 0 rings (SSSR count). The second-order valence-corrected chi connectivity index (χ2v) is 5.07. The van der Waals surface area contributed by atoms with Gasteiger partial charge >= 0.3 is 0 Å². The van der Waals surface area contributed by atoms with Gasteiger partial charge in [-0.25, -0.2) is 0 Å². The SMILES string of the molecule is COCCCNC(CCCl)C(C)(C)C. The van der Waals surface area contributed by atoms with E-state index in [0.717, 1.165) is 31.9 Å². The van der Waals surface area contributed by atoms with Crippen LogP contribution in [0.3, 0.4) is 0 Å². The van der Waals surface area contributed by atoms with Gasteiger partial charge in [-0.2, -0.15) is 0 Å². The lowest BCUT2D eigenvalue weighted by molar-refractivity contribution is 0.187. The first-order valence-electron chi connectivity index (χ1n) is 5.30. The summed E-state index contributed by atoms with van der Waals surface area (Å²) in [5, 5.41) is 3.53. The van der Waals surface area contributed by atoms with Gasteiger partial charge in [-0.3, -0.25) is 0 Å². The molecule has 3 heteroatoms. The summed E-state index contributed by atoms with van der Waals surface area (Å²) in [7, 11) is 1.74. The van der Waals surface area contributed by atoms with E-state index in [4.69, 9.17) is 16.3 Å². The van der Waals surface area contributed by atoms with Crippen LogP contribution in [0.4, 0.5) is 0 Å². The molecule has 2 nitrogen and oxygen atoms in total. The number of alkyl halides is 1. The first kappa shape index (κ1) is 14.2. The normalized spacial score (nSPS) is 14.4. The first-order valence-corrected chi connectivity index (χ1v) is 5.84. The van der Waals surface area contributed by atoms with Gasteiger partial charge < -0.3 is 10.1 Å². The topological polar surface area (TPSA) is 21.3 Å². The zero-order valence-corrected chi connectivity index (χ0v) is 10.7. The van der Waals surface area contributed by atoms with E-state index >= 15 is 0 Å². The van der Waals surface area contributed by atoms with Crippen molar-refractivity contribution in [2.75, 3.05) is 26.1 Å². The average Bonchev–Trinajstić information content (AvgIpc) is 2.08. The monoisotopic (exact) mass is 221 g/mol. The lowest BCUT2D eigenvalue weighted by atomic mass is 9.85. The summed E-state index contributed by atoms with van der Waals surface area (Å²) < 4.78 is 5.00. The Hall–Kier alpha value is 0.210. The number of rotatable bonds is 7. The van der Waals surface area contributed by atoms with Crippen molar-refractivity contribution in [3.05, 3.63) is 0 Å². The average molecular weight is 222 g/mol. The Labute approximate surface area is 93.4 Å². The smallest absolute Gasteiger partial charge is 0.0474 e. The van der Waals surface area contributed by atoms with Crippen LogP contribution >= 0.6 is 11.6 Å². The summed E-state index contributed by atoms with van der Waals surface area (Å²) in [6.07, 6.45) is 2.09. The Morgan fingerprint density at radius 2 is 2.00 bits per heavy atom. The minimum Gasteiger partial charge on any atom is -0.385 e. The Balaban J connectivity index is 3.74. The molecule has 0 aliphatic carbocycles. The number of methoxy groups -OCH3 is 1. The van der Waals surface area contributed by atoms with Crippen LogP contribution in [0.1, 0.15) is 33.6 Å². The quantitative estimate of drug-likeness (QED) is 0.527. The second kappa shape index (κ2) is 7.49. The van der Waals surface area contributed by atoms with Gasteiger partial charge in [0.25, 0.3) is 0 Å². The molecule has 1 unspecified atom stereocenters. The van der Waals surface area contributed by atoms with Crippen molar-refractivity contribution in [3.8, 4) is 0 Å². The highest BCUT2D eigenvalue weighted by Crippen LogP contribution is 2.22. The maximum absolute atomic E-state index is 5.78. The molecule has 14 heavy (non-hydrogen) atoms. The molecule has 0 aromatic carbocycles. The highest BCUT2D eigenvalue weighted by Gasteiger charge is 2.22. The number of hydrogen-bond donors (Lipinski definition) is 1. The number of hydrogen-bond acceptors (Lipinski definition) is 2. The predicted molar refractivity (Wildman–Crippen MR) is 63.1 cm³/mol. The predicted octanol–water partition coefficient (Wildman–Crippen LogP) is 2.66. The van der Waals surface area contributed by atoms with E-state index in [1.807, 2.05) is 0 Å². The van der Waals surface area contributed by atoms with Gasteiger partial charge in [-0.05, 0) is 24.8 Å². The molecular formula is C11H24ClNO. The third kappa shape index (κ3) is 6.63. The summed E-state index contributed by atoms with van der Waals surface area (Å²) in [6, 6.07) is 0.497. The van der Waals surface area contributed by atoms with Crippen molar-refractivity contribution in [1.82, 2.24) is 5.32 Å². The fraction of sp³-hybridized carbons (Fsp3) is 1.00. The summed E-state index contributed by atoms with van der Waals surface area (Å²) in [5.74, 6) is 0.721. The molecule has 1 atom stereocenters. The van der Waals surface area contributed by atoms with Gasteiger partial charge in [0.15, 0.2) is 0 Å². The van der Waals surface area contributed by atoms with Crippen LogP contribution in [0, 0.1) is 5.41 Å². The third-order valence-electron chi connectivity index (χ3n) is 2.36. The van der Waals surface area contributed by atoms with Gasteiger partial charge in [-0.15, -0.1) is 11.6 Å². The molecule has 0 fully saturated rings. The number of halogens is 1. The number of ether oxygens (including phenoxy) is 1. The van der Waals surface area contributed by atoms with E-state index in [0.29, 0.717) is 6.04 Å². The van der Waals surface area contributed by atoms with Gasteiger partial charge in [0.1, 0.15) is 0 Å². The van der Waals surface area contributed by atoms with Crippen molar-refractivity contribution in [3.63, 3.8) is 0 Å². The third-order valence-corrected chi connectivity index (χ3v) is 2.58. The maximum Gasteiger partial charge on any atom is 0.0474 e. The first-order chi connectivity index (χ1) is 6.52. The van der Waals surface area contributed by atoms with E-state index in [2.05, 4.69) is 26.1 Å².